The minimum absolute atomic E-state index is 0.0132. The number of halogens is 1. The zero-order valence-corrected chi connectivity index (χ0v) is 19.8. The number of alkyl halides is 1. The van der Waals surface area contributed by atoms with Gasteiger partial charge in [0.1, 0.15) is 16.9 Å². The van der Waals surface area contributed by atoms with Gasteiger partial charge < -0.3 is 24.4 Å². The Hall–Kier alpha value is -2.42. The van der Waals surface area contributed by atoms with Crippen LogP contribution in [0.2, 0.25) is 0 Å². The molecule has 0 atom stereocenters. The predicted molar refractivity (Wildman–Crippen MR) is 120 cm³/mol. The molecule has 0 bridgehead atoms. The number of methoxy groups -OCH3 is 1. The third kappa shape index (κ3) is 5.88. The number of nitrogens with zero attached hydrogens (tertiary/aromatic N) is 2. The summed E-state index contributed by atoms with van der Waals surface area (Å²) in [5.74, 6) is -1.01. The van der Waals surface area contributed by atoms with Crippen LogP contribution in [-0.2, 0) is 14.3 Å². The molecule has 1 amide bonds. The van der Waals surface area contributed by atoms with E-state index in [9.17, 15) is 14.0 Å². The molecule has 1 aromatic heterocycles. The van der Waals surface area contributed by atoms with Crippen molar-refractivity contribution in [2.45, 2.75) is 59.1 Å². The standard InChI is InChI=1S/C23H36FN3O5/c1-7-23(8-2,21(29)31-9-3)26-19(28)17-10-11-18(27-12-16(13-27)30-6)20(25-17)32-15-22(4,5)14-24/h10-11,16H,7-9,12-15H2,1-6H3,(H,26,28)/i14D2. The van der Waals surface area contributed by atoms with Gasteiger partial charge in [-0.25, -0.2) is 9.78 Å². The molecule has 0 radical (unpaired) electrons. The van der Waals surface area contributed by atoms with Gasteiger partial charge in [-0.05, 0) is 31.9 Å². The van der Waals surface area contributed by atoms with Crippen LogP contribution in [-0.4, -0.2) is 68.5 Å². The van der Waals surface area contributed by atoms with Crippen LogP contribution in [0, 0.1) is 5.41 Å². The lowest BCUT2D eigenvalue weighted by Gasteiger charge is -2.40. The molecular formula is C23H36FN3O5. The molecule has 0 aromatic carbocycles. The van der Waals surface area contributed by atoms with Crippen molar-refractivity contribution in [1.29, 1.82) is 0 Å². The Kier molecular flexibility index (Phi) is 7.78. The van der Waals surface area contributed by atoms with Gasteiger partial charge >= 0.3 is 5.97 Å². The van der Waals surface area contributed by atoms with E-state index >= 15 is 0 Å². The number of aromatic nitrogens is 1. The number of pyridine rings is 1. The smallest absolute Gasteiger partial charge is 0.331 e. The summed E-state index contributed by atoms with van der Waals surface area (Å²) < 4.78 is 45.1. The van der Waals surface area contributed by atoms with Crippen molar-refractivity contribution in [2.75, 3.05) is 44.9 Å². The number of esters is 1. The van der Waals surface area contributed by atoms with Gasteiger partial charge in [0.05, 0.1) is 28.7 Å². The Morgan fingerprint density at radius 2 is 1.94 bits per heavy atom. The Morgan fingerprint density at radius 3 is 2.47 bits per heavy atom. The third-order valence-electron chi connectivity index (χ3n) is 5.65. The summed E-state index contributed by atoms with van der Waals surface area (Å²) in [5, 5.41) is 2.76. The summed E-state index contributed by atoms with van der Waals surface area (Å²) in [6.45, 7) is 6.16. The van der Waals surface area contributed by atoms with Gasteiger partial charge in [0.15, 0.2) is 0 Å². The summed E-state index contributed by atoms with van der Waals surface area (Å²) in [5.41, 5.74) is -2.05. The molecule has 0 spiro atoms. The van der Waals surface area contributed by atoms with E-state index in [-0.39, 0.29) is 30.9 Å². The highest BCUT2D eigenvalue weighted by Gasteiger charge is 2.39. The van der Waals surface area contributed by atoms with Crippen molar-refractivity contribution in [1.82, 2.24) is 10.3 Å². The molecule has 0 saturated carbocycles. The molecule has 0 unspecified atom stereocenters. The minimum atomic E-state index is -2.98. The van der Waals surface area contributed by atoms with Crippen LogP contribution in [0.5, 0.6) is 5.88 Å². The van der Waals surface area contributed by atoms with Crippen LogP contribution in [0.15, 0.2) is 12.1 Å². The minimum Gasteiger partial charge on any atom is -0.476 e. The van der Waals surface area contributed by atoms with Gasteiger partial charge in [-0.1, -0.05) is 27.7 Å². The normalized spacial score (nSPS) is 16.0. The van der Waals surface area contributed by atoms with Gasteiger partial charge in [0.25, 0.3) is 5.91 Å². The predicted octanol–water partition coefficient (Wildman–Crippen LogP) is 3.14. The number of amides is 1. The van der Waals surface area contributed by atoms with Crippen LogP contribution < -0.4 is 15.0 Å². The Bertz CT molecular complexity index is 869. The number of nitrogens with one attached hydrogen (secondary N) is 1. The Labute approximate surface area is 192 Å². The van der Waals surface area contributed by atoms with E-state index in [4.69, 9.17) is 17.0 Å². The average molecular weight is 456 g/mol. The molecule has 0 aliphatic carbocycles. The van der Waals surface area contributed by atoms with Crippen LogP contribution >= 0.6 is 0 Å². The fourth-order valence-electron chi connectivity index (χ4n) is 3.28. The maximum absolute atomic E-state index is 14.0. The molecule has 1 aromatic rings. The van der Waals surface area contributed by atoms with E-state index < -0.39 is 29.5 Å². The number of hydrogen-bond acceptors (Lipinski definition) is 7. The molecule has 1 aliphatic rings. The zero-order valence-electron chi connectivity index (χ0n) is 21.8. The van der Waals surface area contributed by atoms with Crippen LogP contribution in [0.3, 0.4) is 0 Å². The van der Waals surface area contributed by atoms with Crippen LogP contribution in [0.4, 0.5) is 10.1 Å². The molecule has 180 valence electrons. The van der Waals surface area contributed by atoms with E-state index in [1.54, 1.807) is 33.9 Å². The molecule has 1 saturated heterocycles. The number of carbonyl (C=O) groups is 2. The zero-order chi connectivity index (χ0) is 25.7. The second kappa shape index (κ2) is 10.9. The first-order valence-corrected chi connectivity index (χ1v) is 10.9. The highest BCUT2D eigenvalue weighted by Crippen LogP contribution is 2.32. The Morgan fingerprint density at radius 1 is 1.28 bits per heavy atom. The van der Waals surface area contributed by atoms with E-state index in [1.165, 1.54) is 19.9 Å². The van der Waals surface area contributed by atoms with Gasteiger partial charge in [-0.2, -0.15) is 0 Å². The summed E-state index contributed by atoms with van der Waals surface area (Å²) in [6, 6.07) is 3.20. The van der Waals surface area contributed by atoms with Gasteiger partial charge in [0.2, 0.25) is 5.88 Å². The first-order chi connectivity index (χ1) is 15.8. The number of anilines is 1. The van der Waals surface area contributed by atoms with Gasteiger partial charge in [-0.15, -0.1) is 0 Å². The fraction of sp³-hybridized carbons (Fsp3) is 0.696. The summed E-state index contributed by atoms with van der Waals surface area (Å²) in [4.78, 5) is 31.9. The van der Waals surface area contributed by atoms with E-state index in [0.717, 1.165) is 0 Å². The molecular weight excluding hydrogens is 417 g/mol. The number of rotatable bonds is 12. The highest BCUT2D eigenvalue weighted by atomic mass is 19.1. The van der Waals surface area contributed by atoms with E-state index in [1.807, 2.05) is 4.90 Å². The molecule has 9 heteroatoms. The molecule has 32 heavy (non-hydrogen) atoms. The van der Waals surface area contributed by atoms with Gasteiger partial charge in [-0.3, -0.25) is 9.18 Å². The van der Waals surface area contributed by atoms with E-state index in [0.29, 0.717) is 31.6 Å². The lowest BCUT2D eigenvalue weighted by Crippen LogP contribution is -2.54. The van der Waals surface area contributed by atoms with Crippen molar-refractivity contribution in [3.05, 3.63) is 17.8 Å². The average Bonchev–Trinajstić information content (AvgIpc) is 2.75. The van der Waals surface area contributed by atoms with Crippen LogP contribution in [0.25, 0.3) is 0 Å². The number of ether oxygens (including phenoxy) is 3. The lowest BCUT2D eigenvalue weighted by atomic mass is 9.92. The molecule has 1 fully saturated rings. The second-order valence-electron chi connectivity index (χ2n) is 8.51. The summed E-state index contributed by atoms with van der Waals surface area (Å²) >= 11 is 0. The largest absolute Gasteiger partial charge is 0.476 e. The second-order valence-corrected chi connectivity index (χ2v) is 8.51. The fourth-order valence-corrected chi connectivity index (χ4v) is 3.28. The monoisotopic (exact) mass is 455 g/mol. The van der Waals surface area contributed by atoms with Crippen molar-refractivity contribution in [2.24, 2.45) is 5.41 Å². The van der Waals surface area contributed by atoms with Gasteiger partial charge in [0, 0.05) is 25.6 Å². The lowest BCUT2D eigenvalue weighted by molar-refractivity contribution is -0.151. The summed E-state index contributed by atoms with van der Waals surface area (Å²) in [7, 11) is 1.62. The maximum Gasteiger partial charge on any atom is 0.331 e. The molecule has 8 nitrogen and oxygen atoms in total. The maximum atomic E-state index is 14.0. The van der Waals surface area contributed by atoms with Crippen molar-refractivity contribution in [3.63, 3.8) is 0 Å². The van der Waals surface area contributed by atoms with Crippen molar-refractivity contribution in [3.8, 4) is 5.88 Å². The first-order valence-electron chi connectivity index (χ1n) is 11.9. The Balaban J connectivity index is 2.33. The van der Waals surface area contributed by atoms with E-state index in [2.05, 4.69) is 10.3 Å². The van der Waals surface area contributed by atoms with Crippen LogP contribution in [0.1, 0.15) is 60.7 Å². The molecule has 1 N–H and O–H groups in total. The topological polar surface area (TPSA) is 90.0 Å². The number of hydrogen-bond donors (Lipinski definition) is 1. The molecule has 2 heterocycles. The van der Waals surface area contributed by atoms with Crippen molar-refractivity contribution >= 4 is 17.6 Å². The molecule has 2 rings (SSSR count). The van der Waals surface area contributed by atoms with Crippen molar-refractivity contribution < 1.29 is 30.9 Å². The summed E-state index contributed by atoms with van der Waals surface area (Å²) in [6.07, 6.45) is 0.717. The quantitative estimate of drug-likeness (QED) is 0.484. The molecule has 1 aliphatic heterocycles. The SMILES string of the molecule is [2H]C([2H])(F)C(C)(C)COc1nc(C(=O)NC(CC)(CC)C(=O)OCC)ccc1N1CC(OC)C1. The highest BCUT2D eigenvalue weighted by molar-refractivity contribution is 5.97. The number of carbonyl (C=O) groups excluding carboxylic acids is 2. The third-order valence-corrected chi connectivity index (χ3v) is 5.65. The first kappa shape index (κ1) is 22.8.